The summed E-state index contributed by atoms with van der Waals surface area (Å²) in [6.07, 6.45) is 5.37. The number of aryl methyl sites for hydroxylation is 1. The smallest absolute Gasteiger partial charge is 0.321 e. The Bertz CT molecular complexity index is 900. The molecule has 25 heavy (non-hydrogen) atoms. The Morgan fingerprint density at radius 3 is 2.96 bits per heavy atom. The van der Waals surface area contributed by atoms with Crippen molar-refractivity contribution in [3.05, 3.63) is 48.7 Å². The van der Waals surface area contributed by atoms with Crippen LogP contribution in [0.4, 0.5) is 10.5 Å². The predicted octanol–water partition coefficient (Wildman–Crippen LogP) is 2.69. The van der Waals surface area contributed by atoms with Gasteiger partial charge in [-0.3, -0.25) is 4.90 Å². The Kier molecular flexibility index (Phi) is 3.93. The van der Waals surface area contributed by atoms with Crippen molar-refractivity contribution in [2.45, 2.75) is 6.04 Å². The molecular weight excluding hydrogens is 318 g/mol. The number of amides is 2. The molecule has 2 amide bonds. The van der Waals surface area contributed by atoms with E-state index in [0.29, 0.717) is 13.1 Å². The third-order valence-electron chi connectivity index (χ3n) is 4.80. The van der Waals surface area contributed by atoms with Gasteiger partial charge in [0.2, 0.25) is 0 Å². The number of rotatable bonds is 2. The predicted molar refractivity (Wildman–Crippen MR) is 95.4 cm³/mol. The Morgan fingerprint density at radius 2 is 2.16 bits per heavy atom. The number of carbonyl (C=O) groups is 1. The van der Waals surface area contributed by atoms with Crippen LogP contribution in [0.15, 0.2) is 47.3 Å². The van der Waals surface area contributed by atoms with Crippen molar-refractivity contribution in [3.8, 4) is 0 Å². The number of carbonyl (C=O) groups excluding carboxylic acids is 1. The van der Waals surface area contributed by atoms with Gasteiger partial charge in [0, 0.05) is 56.2 Å². The minimum absolute atomic E-state index is 0.0899. The highest BCUT2D eigenvalue weighted by molar-refractivity contribution is 5.92. The lowest BCUT2D eigenvalue weighted by atomic mass is 10.1. The van der Waals surface area contributed by atoms with Crippen LogP contribution in [0.5, 0.6) is 0 Å². The summed E-state index contributed by atoms with van der Waals surface area (Å²) in [5.41, 5.74) is 1.50. The molecule has 130 valence electrons. The van der Waals surface area contributed by atoms with Gasteiger partial charge < -0.3 is 19.2 Å². The fraction of sp³-hybridized carbons (Fsp3) is 0.333. The van der Waals surface area contributed by atoms with Gasteiger partial charge in [-0.1, -0.05) is 0 Å². The lowest BCUT2D eigenvalue weighted by Crippen LogP contribution is -2.50. The molecule has 3 aromatic rings. The van der Waals surface area contributed by atoms with Crippen LogP contribution in [0.1, 0.15) is 11.9 Å². The molecule has 1 aliphatic heterocycles. The topological polar surface area (TPSA) is 66.5 Å². The van der Waals surface area contributed by atoms with Crippen molar-refractivity contribution in [1.29, 1.82) is 0 Å². The number of piperazine rings is 1. The van der Waals surface area contributed by atoms with Crippen LogP contribution in [-0.2, 0) is 7.05 Å². The van der Waals surface area contributed by atoms with E-state index in [1.165, 1.54) is 0 Å². The Balaban J connectivity index is 1.49. The average molecular weight is 339 g/mol. The van der Waals surface area contributed by atoms with Gasteiger partial charge in [-0.05, 0) is 25.2 Å². The summed E-state index contributed by atoms with van der Waals surface area (Å²) in [5, 5.41) is 3.99. The van der Waals surface area contributed by atoms with Crippen LogP contribution in [0.25, 0.3) is 11.0 Å². The van der Waals surface area contributed by atoms with E-state index >= 15 is 0 Å². The summed E-state index contributed by atoms with van der Waals surface area (Å²) < 4.78 is 7.40. The molecule has 0 unspecified atom stereocenters. The molecule has 7 heteroatoms. The number of likely N-dealkylation sites (N-methyl/N-ethyl adjacent to an activating group) is 1. The maximum atomic E-state index is 12.7. The number of anilines is 1. The van der Waals surface area contributed by atoms with Gasteiger partial charge in [0.05, 0.1) is 12.3 Å². The lowest BCUT2D eigenvalue weighted by molar-refractivity contribution is 0.110. The van der Waals surface area contributed by atoms with Crippen molar-refractivity contribution < 1.29 is 9.21 Å². The molecule has 0 aliphatic carbocycles. The number of benzene rings is 1. The molecule has 4 rings (SSSR count). The largest absolute Gasteiger partial charge is 0.464 e. The Labute approximate surface area is 145 Å². The van der Waals surface area contributed by atoms with Crippen molar-refractivity contribution >= 4 is 22.7 Å². The minimum Gasteiger partial charge on any atom is -0.464 e. The molecule has 1 N–H and O–H groups in total. The molecule has 1 fully saturated rings. The highest BCUT2D eigenvalue weighted by atomic mass is 16.3. The number of imidazole rings is 1. The molecule has 3 heterocycles. The average Bonchev–Trinajstić information content (AvgIpc) is 3.23. The molecule has 1 aromatic carbocycles. The van der Waals surface area contributed by atoms with E-state index in [2.05, 4.69) is 22.2 Å². The van der Waals surface area contributed by atoms with E-state index in [0.717, 1.165) is 29.0 Å². The van der Waals surface area contributed by atoms with Crippen LogP contribution in [-0.4, -0.2) is 52.1 Å². The van der Waals surface area contributed by atoms with E-state index < -0.39 is 0 Å². The molecule has 0 saturated carbocycles. The van der Waals surface area contributed by atoms with Gasteiger partial charge in [0.25, 0.3) is 0 Å². The first-order valence-electron chi connectivity index (χ1n) is 8.32. The van der Waals surface area contributed by atoms with Crippen LogP contribution in [0, 0.1) is 0 Å². The molecule has 0 spiro atoms. The first-order valence-corrected chi connectivity index (χ1v) is 8.32. The number of hydrogen-bond acceptors (Lipinski definition) is 4. The van der Waals surface area contributed by atoms with Crippen LogP contribution in [0.3, 0.4) is 0 Å². The third-order valence-corrected chi connectivity index (χ3v) is 4.80. The Hall–Kier alpha value is -2.80. The summed E-state index contributed by atoms with van der Waals surface area (Å²) in [4.78, 5) is 21.2. The molecule has 1 atom stereocenters. The summed E-state index contributed by atoms with van der Waals surface area (Å²) >= 11 is 0. The second kappa shape index (κ2) is 6.25. The van der Waals surface area contributed by atoms with Crippen molar-refractivity contribution in [2.75, 3.05) is 32.0 Å². The molecule has 2 aromatic heterocycles. The number of urea groups is 1. The summed E-state index contributed by atoms with van der Waals surface area (Å²) in [6, 6.07) is 7.57. The molecule has 0 bridgehead atoms. The maximum absolute atomic E-state index is 12.7. The highest BCUT2D eigenvalue weighted by Gasteiger charge is 2.30. The number of aromatic nitrogens is 2. The zero-order valence-corrected chi connectivity index (χ0v) is 14.3. The molecule has 7 nitrogen and oxygen atoms in total. The van der Waals surface area contributed by atoms with Gasteiger partial charge in [0.1, 0.15) is 11.4 Å². The minimum atomic E-state index is -0.0989. The maximum Gasteiger partial charge on any atom is 0.321 e. The standard InChI is InChI=1S/C18H21N5O2/c1-21-8-9-23(12-15(21)17-19-6-7-22(17)2)18(24)20-14-4-3-13-5-10-25-16(13)11-14/h3-7,10-11,15H,8-9,12H2,1-2H3,(H,20,24)/t15-/m0/s1. The molecular formula is C18H21N5O2. The highest BCUT2D eigenvalue weighted by Crippen LogP contribution is 2.24. The van der Waals surface area contributed by atoms with Crippen LogP contribution >= 0.6 is 0 Å². The fourth-order valence-electron chi connectivity index (χ4n) is 3.27. The van der Waals surface area contributed by atoms with Crippen molar-refractivity contribution in [2.24, 2.45) is 7.05 Å². The third kappa shape index (κ3) is 2.98. The van der Waals surface area contributed by atoms with Crippen LogP contribution < -0.4 is 5.32 Å². The van der Waals surface area contributed by atoms with E-state index in [9.17, 15) is 4.79 Å². The first-order chi connectivity index (χ1) is 12.1. The van der Waals surface area contributed by atoms with Crippen molar-refractivity contribution in [1.82, 2.24) is 19.4 Å². The SMILES string of the molecule is CN1CCN(C(=O)Nc2ccc3ccoc3c2)C[C@H]1c1nccn1C. The van der Waals surface area contributed by atoms with E-state index in [-0.39, 0.29) is 12.1 Å². The molecule has 1 aliphatic rings. The number of hydrogen-bond donors (Lipinski definition) is 1. The zero-order valence-electron chi connectivity index (χ0n) is 14.3. The first kappa shape index (κ1) is 15.7. The van der Waals surface area contributed by atoms with E-state index in [1.807, 2.05) is 47.0 Å². The number of nitrogens with zero attached hydrogens (tertiary/aromatic N) is 4. The van der Waals surface area contributed by atoms with E-state index in [4.69, 9.17) is 4.42 Å². The monoisotopic (exact) mass is 339 g/mol. The summed E-state index contributed by atoms with van der Waals surface area (Å²) in [5.74, 6) is 0.969. The van der Waals surface area contributed by atoms with Crippen LogP contribution in [0.2, 0.25) is 0 Å². The number of furan rings is 1. The van der Waals surface area contributed by atoms with Gasteiger partial charge in [-0.2, -0.15) is 0 Å². The van der Waals surface area contributed by atoms with Gasteiger partial charge in [-0.15, -0.1) is 0 Å². The normalized spacial score (nSPS) is 18.6. The van der Waals surface area contributed by atoms with Crippen molar-refractivity contribution in [3.63, 3.8) is 0 Å². The number of nitrogens with one attached hydrogen (secondary N) is 1. The molecule has 1 saturated heterocycles. The zero-order chi connectivity index (χ0) is 17.4. The van der Waals surface area contributed by atoms with Gasteiger partial charge in [-0.25, -0.2) is 9.78 Å². The van der Waals surface area contributed by atoms with Gasteiger partial charge in [0.15, 0.2) is 0 Å². The lowest BCUT2D eigenvalue weighted by Gasteiger charge is -2.38. The fourth-order valence-corrected chi connectivity index (χ4v) is 3.27. The van der Waals surface area contributed by atoms with Gasteiger partial charge >= 0.3 is 6.03 Å². The molecule has 0 radical (unpaired) electrons. The number of fused-ring (bicyclic) bond motifs is 1. The second-order valence-electron chi connectivity index (χ2n) is 6.44. The Morgan fingerprint density at radius 1 is 1.28 bits per heavy atom. The quantitative estimate of drug-likeness (QED) is 0.779. The second-order valence-corrected chi connectivity index (χ2v) is 6.44. The summed E-state index contributed by atoms with van der Waals surface area (Å²) in [7, 11) is 4.05. The van der Waals surface area contributed by atoms with E-state index in [1.54, 1.807) is 12.5 Å². The summed E-state index contributed by atoms with van der Waals surface area (Å²) in [6.45, 7) is 2.10.